The normalized spacial score (nSPS) is 15.5. The van der Waals surface area contributed by atoms with Crippen LogP contribution in [-0.4, -0.2) is 23.1 Å². The maximum Gasteiger partial charge on any atom is 0.131 e. The Morgan fingerprint density at radius 1 is 1.04 bits per heavy atom. The van der Waals surface area contributed by atoms with E-state index in [1.165, 1.54) is 38.5 Å². The average molecular weight is 326 g/mol. The molecule has 0 aliphatic heterocycles. The van der Waals surface area contributed by atoms with Gasteiger partial charge >= 0.3 is 0 Å². The summed E-state index contributed by atoms with van der Waals surface area (Å²) in [6, 6.07) is 10.5. The molecule has 1 aromatic carbocycles. The third kappa shape index (κ3) is 4.60. The number of ether oxygens (including phenoxy) is 1. The molecule has 2 N–H and O–H groups in total. The predicted octanol–water partition coefficient (Wildman–Crippen LogP) is 4.23. The molecule has 0 spiro atoms. The maximum absolute atomic E-state index is 5.38. The molecule has 1 fully saturated rings. The van der Waals surface area contributed by atoms with Crippen molar-refractivity contribution in [3.63, 3.8) is 0 Å². The van der Waals surface area contributed by atoms with Crippen molar-refractivity contribution >= 4 is 11.6 Å². The van der Waals surface area contributed by atoms with Crippen LogP contribution in [-0.2, 0) is 6.54 Å². The largest absolute Gasteiger partial charge is 0.496 e. The van der Waals surface area contributed by atoms with Gasteiger partial charge in [0.25, 0.3) is 0 Å². The van der Waals surface area contributed by atoms with Gasteiger partial charge in [-0.25, -0.2) is 9.97 Å². The third-order valence-corrected chi connectivity index (χ3v) is 4.53. The Morgan fingerprint density at radius 2 is 1.79 bits per heavy atom. The Morgan fingerprint density at radius 3 is 2.58 bits per heavy atom. The van der Waals surface area contributed by atoms with Gasteiger partial charge in [-0.15, -0.1) is 0 Å². The lowest BCUT2D eigenvalue weighted by Gasteiger charge is -2.17. The number of aromatic nitrogens is 2. The highest BCUT2D eigenvalue weighted by Gasteiger charge is 2.12. The van der Waals surface area contributed by atoms with Gasteiger partial charge in [-0.3, -0.25) is 0 Å². The number of rotatable bonds is 6. The molecule has 3 rings (SSSR count). The second-order valence-corrected chi connectivity index (χ2v) is 6.29. The summed E-state index contributed by atoms with van der Waals surface area (Å²) in [4.78, 5) is 8.68. The fraction of sp³-hybridized carbons (Fsp3) is 0.474. The summed E-state index contributed by atoms with van der Waals surface area (Å²) in [5, 5.41) is 6.92. The van der Waals surface area contributed by atoms with Crippen molar-refractivity contribution in [2.75, 3.05) is 17.7 Å². The Bertz CT molecular complexity index is 639. The number of nitrogens with one attached hydrogen (secondary N) is 2. The van der Waals surface area contributed by atoms with Crippen molar-refractivity contribution in [3.8, 4) is 5.75 Å². The van der Waals surface area contributed by atoms with Crippen LogP contribution in [0.2, 0.25) is 0 Å². The fourth-order valence-electron chi connectivity index (χ4n) is 3.20. The van der Waals surface area contributed by atoms with Gasteiger partial charge in [0, 0.05) is 24.2 Å². The van der Waals surface area contributed by atoms with Gasteiger partial charge in [0.15, 0.2) is 0 Å². The fourth-order valence-corrected chi connectivity index (χ4v) is 3.20. The minimum absolute atomic E-state index is 0.532. The predicted molar refractivity (Wildman–Crippen MR) is 97.5 cm³/mol. The molecule has 1 aromatic heterocycles. The molecule has 1 aliphatic carbocycles. The van der Waals surface area contributed by atoms with Crippen molar-refractivity contribution in [1.29, 1.82) is 0 Å². The highest BCUT2D eigenvalue weighted by atomic mass is 16.5. The number of benzene rings is 1. The summed E-state index contributed by atoms with van der Waals surface area (Å²) in [7, 11) is 1.69. The highest BCUT2D eigenvalue weighted by molar-refractivity contribution is 5.48. The van der Waals surface area contributed by atoms with E-state index in [4.69, 9.17) is 4.74 Å². The van der Waals surface area contributed by atoms with Gasteiger partial charge in [-0.05, 0) is 18.9 Å². The van der Waals surface area contributed by atoms with E-state index in [9.17, 15) is 0 Å². The van der Waals surface area contributed by atoms with Crippen LogP contribution >= 0.6 is 0 Å². The summed E-state index contributed by atoms with van der Waals surface area (Å²) in [5.74, 6) is 2.61. The smallest absolute Gasteiger partial charge is 0.131 e. The molecule has 2 aromatic rings. The molecule has 0 radical (unpaired) electrons. The van der Waals surface area contributed by atoms with Crippen molar-refractivity contribution in [2.24, 2.45) is 0 Å². The van der Waals surface area contributed by atoms with E-state index in [1.807, 2.05) is 24.3 Å². The van der Waals surface area contributed by atoms with E-state index in [2.05, 4.69) is 26.7 Å². The molecule has 0 unspecified atom stereocenters. The Hall–Kier alpha value is -2.30. The zero-order valence-corrected chi connectivity index (χ0v) is 14.3. The molecule has 0 atom stereocenters. The summed E-state index contributed by atoms with van der Waals surface area (Å²) in [6.45, 7) is 0.671. The lowest BCUT2D eigenvalue weighted by molar-refractivity contribution is 0.410. The van der Waals surface area contributed by atoms with Crippen LogP contribution in [0.5, 0.6) is 5.75 Å². The maximum atomic E-state index is 5.38. The van der Waals surface area contributed by atoms with Crippen LogP contribution < -0.4 is 15.4 Å². The lowest BCUT2D eigenvalue weighted by Crippen LogP contribution is -2.19. The van der Waals surface area contributed by atoms with Crippen LogP contribution in [0.4, 0.5) is 11.6 Å². The number of nitrogens with zero attached hydrogens (tertiary/aromatic N) is 2. The van der Waals surface area contributed by atoms with Gasteiger partial charge in [0.1, 0.15) is 23.7 Å². The zero-order valence-electron chi connectivity index (χ0n) is 14.3. The number of para-hydroxylation sites is 1. The van der Waals surface area contributed by atoms with Gasteiger partial charge in [-0.1, -0.05) is 43.9 Å². The molecule has 24 heavy (non-hydrogen) atoms. The van der Waals surface area contributed by atoms with Crippen LogP contribution in [0.25, 0.3) is 0 Å². The first kappa shape index (κ1) is 16.6. The van der Waals surface area contributed by atoms with E-state index < -0.39 is 0 Å². The Balaban J connectivity index is 1.60. The molecular formula is C19H26N4O. The first-order valence-corrected chi connectivity index (χ1v) is 8.79. The van der Waals surface area contributed by atoms with E-state index in [0.717, 1.165) is 22.9 Å². The zero-order chi connectivity index (χ0) is 16.6. The van der Waals surface area contributed by atoms with Gasteiger partial charge in [-0.2, -0.15) is 0 Å². The monoisotopic (exact) mass is 326 g/mol. The van der Waals surface area contributed by atoms with E-state index in [-0.39, 0.29) is 0 Å². The van der Waals surface area contributed by atoms with Gasteiger partial charge in [0.05, 0.1) is 7.11 Å². The first-order valence-electron chi connectivity index (χ1n) is 8.79. The molecule has 1 heterocycles. The molecule has 5 nitrogen and oxygen atoms in total. The molecular weight excluding hydrogens is 300 g/mol. The SMILES string of the molecule is COc1ccccc1CNc1cc(NC2CCCCCC2)ncn1. The van der Waals surface area contributed by atoms with Crippen molar-refractivity contribution in [1.82, 2.24) is 9.97 Å². The van der Waals surface area contributed by atoms with E-state index in [0.29, 0.717) is 12.6 Å². The molecule has 0 bridgehead atoms. The minimum atomic E-state index is 0.532. The van der Waals surface area contributed by atoms with Crippen LogP contribution in [0.1, 0.15) is 44.1 Å². The second kappa shape index (κ2) is 8.52. The number of anilines is 2. The minimum Gasteiger partial charge on any atom is -0.496 e. The number of methoxy groups -OCH3 is 1. The standard InChI is InChI=1S/C19H26N4O/c1-24-17-11-7-6-8-15(17)13-20-18-12-19(22-14-21-18)23-16-9-4-2-3-5-10-16/h6-8,11-12,14,16H,2-5,9-10,13H2,1H3,(H2,20,21,22,23). The molecule has 5 heteroatoms. The van der Waals surface area contributed by atoms with Crippen LogP contribution in [0, 0.1) is 0 Å². The van der Waals surface area contributed by atoms with E-state index in [1.54, 1.807) is 13.4 Å². The van der Waals surface area contributed by atoms with Gasteiger partial charge in [0.2, 0.25) is 0 Å². The lowest BCUT2D eigenvalue weighted by atomic mass is 10.1. The van der Waals surface area contributed by atoms with Gasteiger partial charge < -0.3 is 15.4 Å². The van der Waals surface area contributed by atoms with Crippen LogP contribution in [0.3, 0.4) is 0 Å². The molecule has 1 saturated carbocycles. The second-order valence-electron chi connectivity index (χ2n) is 6.29. The highest BCUT2D eigenvalue weighted by Crippen LogP contribution is 2.22. The van der Waals surface area contributed by atoms with E-state index >= 15 is 0 Å². The summed E-state index contributed by atoms with van der Waals surface area (Å²) in [5.41, 5.74) is 1.11. The summed E-state index contributed by atoms with van der Waals surface area (Å²) >= 11 is 0. The number of hydrogen-bond acceptors (Lipinski definition) is 5. The molecule has 0 amide bonds. The topological polar surface area (TPSA) is 59.1 Å². The van der Waals surface area contributed by atoms with Crippen molar-refractivity contribution < 1.29 is 4.74 Å². The number of hydrogen-bond donors (Lipinski definition) is 2. The Kier molecular flexibility index (Phi) is 5.88. The molecule has 128 valence electrons. The van der Waals surface area contributed by atoms with Crippen molar-refractivity contribution in [2.45, 2.75) is 51.1 Å². The average Bonchev–Trinajstić information content (AvgIpc) is 2.89. The summed E-state index contributed by atoms with van der Waals surface area (Å²) in [6.07, 6.45) is 9.40. The molecule has 0 saturated heterocycles. The van der Waals surface area contributed by atoms with Crippen molar-refractivity contribution in [3.05, 3.63) is 42.2 Å². The summed E-state index contributed by atoms with van der Waals surface area (Å²) < 4.78 is 5.38. The van der Waals surface area contributed by atoms with Crippen LogP contribution in [0.15, 0.2) is 36.7 Å². The third-order valence-electron chi connectivity index (χ3n) is 4.53. The first-order chi connectivity index (χ1) is 11.8. The molecule has 1 aliphatic rings. The Labute approximate surface area is 143 Å². The quantitative estimate of drug-likeness (QED) is 0.778.